The highest BCUT2D eigenvalue weighted by Crippen LogP contribution is 2.40. The van der Waals surface area contributed by atoms with Crippen molar-refractivity contribution < 1.29 is 14.3 Å². The third-order valence-electron chi connectivity index (χ3n) is 4.48. The lowest BCUT2D eigenvalue weighted by molar-refractivity contribution is -0.125. The molecule has 8 heteroatoms. The average Bonchev–Trinajstić information content (AvgIpc) is 3.39. The molecule has 6 nitrogen and oxygen atoms in total. The molecule has 136 valence electrons. The zero-order valence-corrected chi connectivity index (χ0v) is 15.3. The zero-order valence-electron chi connectivity index (χ0n) is 13.8. The van der Waals surface area contributed by atoms with Gasteiger partial charge in [-0.1, -0.05) is 23.2 Å². The summed E-state index contributed by atoms with van der Waals surface area (Å²) in [4.78, 5) is 26.6. The van der Waals surface area contributed by atoms with Gasteiger partial charge >= 0.3 is 0 Å². The van der Waals surface area contributed by atoms with Gasteiger partial charge in [0.2, 0.25) is 11.8 Å². The standard InChI is InChI=1S/C17H21Cl2N3O3/c18-11-1-2-15(14(19)9-11)21-17(24)13-10-12(13)16(23)20-3-4-22-5-7-25-8-6-22/h1-2,9,12-13H,3-8,10H2,(H,20,23)(H,21,24). The van der Waals surface area contributed by atoms with Crippen molar-refractivity contribution in [3.8, 4) is 0 Å². The molecule has 2 N–H and O–H groups in total. The number of anilines is 1. The molecule has 1 heterocycles. The van der Waals surface area contributed by atoms with Crippen LogP contribution in [0, 0.1) is 11.8 Å². The molecule has 2 unspecified atom stereocenters. The van der Waals surface area contributed by atoms with Gasteiger partial charge in [-0.2, -0.15) is 0 Å². The topological polar surface area (TPSA) is 70.7 Å². The molecule has 0 bridgehead atoms. The van der Waals surface area contributed by atoms with Gasteiger partial charge in [-0.3, -0.25) is 14.5 Å². The molecule has 2 atom stereocenters. The molecule has 0 spiro atoms. The maximum absolute atomic E-state index is 12.2. The highest BCUT2D eigenvalue weighted by molar-refractivity contribution is 6.36. The maximum atomic E-state index is 12.2. The van der Waals surface area contributed by atoms with Crippen LogP contribution in [0.1, 0.15) is 6.42 Å². The second-order valence-corrected chi connectivity index (χ2v) is 7.15. The first-order valence-corrected chi connectivity index (χ1v) is 9.14. The van der Waals surface area contributed by atoms with Crippen LogP contribution in [0.25, 0.3) is 0 Å². The van der Waals surface area contributed by atoms with E-state index in [-0.39, 0.29) is 23.7 Å². The van der Waals surface area contributed by atoms with Gasteiger partial charge in [0.1, 0.15) is 0 Å². The van der Waals surface area contributed by atoms with Crippen LogP contribution in [0.2, 0.25) is 10.0 Å². The van der Waals surface area contributed by atoms with Crippen molar-refractivity contribution in [1.29, 1.82) is 0 Å². The first-order valence-electron chi connectivity index (χ1n) is 8.38. The summed E-state index contributed by atoms with van der Waals surface area (Å²) >= 11 is 11.9. The number of nitrogens with one attached hydrogen (secondary N) is 2. The number of morpholine rings is 1. The monoisotopic (exact) mass is 385 g/mol. The molecule has 1 aliphatic heterocycles. The number of hydrogen-bond acceptors (Lipinski definition) is 4. The van der Waals surface area contributed by atoms with Gasteiger partial charge in [-0.05, 0) is 24.6 Å². The molecular weight excluding hydrogens is 365 g/mol. The van der Waals surface area contributed by atoms with Crippen molar-refractivity contribution in [2.75, 3.05) is 44.7 Å². The predicted molar refractivity (Wildman–Crippen MR) is 97.0 cm³/mol. The molecule has 1 saturated heterocycles. The van der Waals surface area contributed by atoms with Gasteiger partial charge in [0.25, 0.3) is 0 Å². The van der Waals surface area contributed by atoms with Crippen LogP contribution in [0.3, 0.4) is 0 Å². The smallest absolute Gasteiger partial charge is 0.228 e. The lowest BCUT2D eigenvalue weighted by Gasteiger charge is -2.26. The van der Waals surface area contributed by atoms with E-state index in [1.165, 1.54) is 0 Å². The molecule has 0 aromatic heterocycles. The molecule has 0 radical (unpaired) electrons. The Labute approximate surface area is 156 Å². The van der Waals surface area contributed by atoms with E-state index >= 15 is 0 Å². The highest BCUT2D eigenvalue weighted by atomic mass is 35.5. The fourth-order valence-corrected chi connectivity index (χ4v) is 3.34. The molecular formula is C17H21Cl2N3O3. The fourth-order valence-electron chi connectivity index (χ4n) is 2.88. The van der Waals surface area contributed by atoms with Crippen molar-refractivity contribution in [3.05, 3.63) is 28.2 Å². The van der Waals surface area contributed by atoms with E-state index in [1.54, 1.807) is 18.2 Å². The van der Waals surface area contributed by atoms with Gasteiger partial charge in [0.05, 0.1) is 35.8 Å². The Kier molecular flexibility index (Phi) is 6.17. The molecule has 3 rings (SSSR count). The number of carbonyl (C=O) groups excluding carboxylic acids is 2. The molecule has 1 saturated carbocycles. The first kappa shape index (κ1) is 18.5. The van der Waals surface area contributed by atoms with Gasteiger partial charge in [0, 0.05) is 31.2 Å². The summed E-state index contributed by atoms with van der Waals surface area (Å²) in [5, 5.41) is 6.56. The van der Waals surface area contributed by atoms with Crippen molar-refractivity contribution in [3.63, 3.8) is 0 Å². The normalized spacial score (nSPS) is 23.1. The van der Waals surface area contributed by atoms with E-state index in [1.807, 2.05) is 0 Å². The summed E-state index contributed by atoms with van der Waals surface area (Å²) in [6.07, 6.45) is 0.570. The van der Waals surface area contributed by atoms with Crippen LogP contribution in [-0.2, 0) is 14.3 Å². The van der Waals surface area contributed by atoms with Crippen molar-refractivity contribution in [1.82, 2.24) is 10.2 Å². The number of rotatable bonds is 6. The van der Waals surface area contributed by atoms with Crippen molar-refractivity contribution in [2.45, 2.75) is 6.42 Å². The van der Waals surface area contributed by atoms with E-state index in [0.29, 0.717) is 28.7 Å². The first-order chi connectivity index (χ1) is 12.0. The fraction of sp³-hybridized carbons (Fsp3) is 0.529. The number of nitrogens with zero attached hydrogens (tertiary/aromatic N) is 1. The molecule has 25 heavy (non-hydrogen) atoms. The second-order valence-electron chi connectivity index (χ2n) is 6.31. The number of halogens is 2. The number of carbonyl (C=O) groups is 2. The number of ether oxygens (including phenoxy) is 1. The Bertz CT molecular complexity index is 650. The van der Waals surface area contributed by atoms with Gasteiger partial charge < -0.3 is 15.4 Å². The zero-order chi connectivity index (χ0) is 17.8. The van der Waals surface area contributed by atoms with Gasteiger partial charge in [0.15, 0.2) is 0 Å². The Balaban J connectivity index is 1.40. The third kappa shape index (κ3) is 5.07. The highest BCUT2D eigenvalue weighted by Gasteiger charge is 2.48. The van der Waals surface area contributed by atoms with E-state index in [9.17, 15) is 9.59 Å². The van der Waals surface area contributed by atoms with Crippen LogP contribution in [0.15, 0.2) is 18.2 Å². The molecule has 2 aliphatic rings. The average molecular weight is 386 g/mol. The summed E-state index contributed by atoms with van der Waals surface area (Å²) in [5.74, 6) is -0.793. The lowest BCUT2D eigenvalue weighted by atomic mass is 10.2. The minimum absolute atomic E-state index is 0.0596. The minimum Gasteiger partial charge on any atom is -0.379 e. The van der Waals surface area contributed by atoms with Crippen LogP contribution in [0.5, 0.6) is 0 Å². The second kappa shape index (κ2) is 8.36. The van der Waals surface area contributed by atoms with E-state index in [4.69, 9.17) is 27.9 Å². The minimum atomic E-state index is -0.296. The Morgan fingerprint density at radius 1 is 1.16 bits per heavy atom. The third-order valence-corrected chi connectivity index (χ3v) is 5.03. The summed E-state index contributed by atoms with van der Waals surface area (Å²) < 4.78 is 5.29. The van der Waals surface area contributed by atoms with Gasteiger partial charge in [-0.15, -0.1) is 0 Å². The summed E-state index contributed by atoms with van der Waals surface area (Å²) in [6.45, 7) is 4.67. The van der Waals surface area contributed by atoms with Crippen LogP contribution in [0.4, 0.5) is 5.69 Å². The molecule has 1 aliphatic carbocycles. The van der Waals surface area contributed by atoms with E-state index in [0.717, 1.165) is 32.8 Å². The van der Waals surface area contributed by atoms with Crippen LogP contribution in [-0.4, -0.2) is 56.1 Å². The van der Waals surface area contributed by atoms with E-state index in [2.05, 4.69) is 15.5 Å². The van der Waals surface area contributed by atoms with E-state index < -0.39 is 0 Å². The maximum Gasteiger partial charge on any atom is 0.228 e. The summed E-state index contributed by atoms with van der Waals surface area (Å²) in [7, 11) is 0. The number of amides is 2. The summed E-state index contributed by atoms with van der Waals surface area (Å²) in [6, 6.07) is 4.88. The van der Waals surface area contributed by atoms with Crippen LogP contribution >= 0.6 is 23.2 Å². The Morgan fingerprint density at radius 2 is 1.88 bits per heavy atom. The number of benzene rings is 1. The SMILES string of the molecule is O=C(NCCN1CCOCC1)C1CC1C(=O)Nc1ccc(Cl)cc1Cl. The molecule has 1 aromatic rings. The van der Waals surface area contributed by atoms with Crippen molar-refractivity contribution >= 4 is 40.7 Å². The number of hydrogen-bond donors (Lipinski definition) is 2. The Hall–Kier alpha value is -1.34. The van der Waals surface area contributed by atoms with Crippen LogP contribution < -0.4 is 10.6 Å². The summed E-state index contributed by atoms with van der Waals surface area (Å²) in [5.41, 5.74) is 0.509. The predicted octanol–water partition coefficient (Wildman–Crippen LogP) is 2.02. The lowest BCUT2D eigenvalue weighted by Crippen LogP contribution is -2.41. The largest absolute Gasteiger partial charge is 0.379 e. The molecule has 1 aromatic carbocycles. The molecule has 2 fully saturated rings. The molecule has 2 amide bonds. The van der Waals surface area contributed by atoms with Gasteiger partial charge in [-0.25, -0.2) is 0 Å². The van der Waals surface area contributed by atoms with Crippen molar-refractivity contribution in [2.24, 2.45) is 11.8 Å². The Morgan fingerprint density at radius 3 is 2.60 bits per heavy atom. The quantitative estimate of drug-likeness (QED) is 0.785.